The summed E-state index contributed by atoms with van der Waals surface area (Å²) >= 11 is 4.80. The second kappa shape index (κ2) is 3.38. The van der Waals surface area contributed by atoms with Gasteiger partial charge in [-0.05, 0) is 12.8 Å². The number of anilines is 1. The van der Waals surface area contributed by atoms with Gasteiger partial charge in [-0.2, -0.15) is 5.10 Å². The lowest BCUT2D eigenvalue weighted by Crippen LogP contribution is -2.17. The number of hydrogen-bond acceptors (Lipinski definition) is 3. The van der Waals surface area contributed by atoms with E-state index in [9.17, 15) is 4.79 Å². The van der Waals surface area contributed by atoms with Crippen LogP contribution in [-0.2, 0) is 4.79 Å². The highest BCUT2D eigenvalue weighted by Crippen LogP contribution is 2.30. The quantitative estimate of drug-likeness (QED) is 0.630. The molecule has 1 aliphatic carbocycles. The maximum atomic E-state index is 11.4. The molecule has 0 aromatic carbocycles. The van der Waals surface area contributed by atoms with Crippen LogP contribution in [0.5, 0.6) is 0 Å². The minimum Gasteiger partial charge on any atom is -0.389 e. The molecule has 4 N–H and O–H groups in total. The van der Waals surface area contributed by atoms with E-state index < -0.39 is 0 Å². The first kappa shape index (κ1) is 9.14. The lowest BCUT2D eigenvalue weighted by molar-refractivity contribution is -0.117. The Labute approximate surface area is 86.1 Å². The molecule has 0 radical (unpaired) electrons. The van der Waals surface area contributed by atoms with E-state index in [1.165, 1.54) is 6.20 Å². The molecule has 2 rings (SSSR count). The van der Waals surface area contributed by atoms with Crippen LogP contribution >= 0.6 is 12.2 Å². The van der Waals surface area contributed by atoms with E-state index in [2.05, 4.69) is 15.5 Å². The third kappa shape index (κ3) is 1.74. The Morgan fingerprint density at radius 3 is 3.00 bits per heavy atom. The molecule has 1 amide bonds. The molecule has 0 bridgehead atoms. The molecule has 0 aliphatic heterocycles. The standard InChI is InChI=1S/C8H10N4OS/c9-6(14)5-3-10-12-7(5)11-8(13)4-1-2-4/h3-4H,1-2H2,(H2,9,14)(H2,10,11,12,13). The third-order valence-electron chi connectivity index (χ3n) is 2.10. The lowest BCUT2D eigenvalue weighted by Gasteiger charge is -2.02. The second-order valence-electron chi connectivity index (χ2n) is 3.29. The first-order valence-corrected chi connectivity index (χ1v) is 4.73. The molecule has 1 aromatic heterocycles. The highest BCUT2D eigenvalue weighted by molar-refractivity contribution is 7.80. The van der Waals surface area contributed by atoms with Gasteiger partial charge in [-0.1, -0.05) is 12.2 Å². The van der Waals surface area contributed by atoms with Gasteiger partial charge in [-0.25, -0.2) is 0 Å². The van der Waals surface area contributed by atoms with Gasteiger partial charge in [0, 0.05) is 5.92 Å². The van der Waals surface area contributed by atoms with Crippen molar-refractivity contribution in [2.24, 2.45) is 11.7 Å². The molecular formula is C8H10N4OS. The van der Waals surface area contributed by atoms with Gasteiger partial charge in [0.2, 0.25) is 5.91 Å². The molecule has 0 atom stereocenters. The van der Waals surface area contributed by atoms with Crippen LogP contribution in [0.2, 0.25) is 0 Å². The maximum Gasteiger partial charge on any atom is 0.228 e. The summed E-state index contributed by atoms with van der Waals surface area (Å²) in [5.41, 5.74) is 6.02. The molecule has 74 valence electrons. The molecule has 14 heavy (non-hydrogen) atoms. The van der Waals surface area contributed by atoms with Crippen LogP contribution in [0.4, 0.5) is 5.82 Å². The number of hydrogen-bond donors (Lipinski definition) is 3. The highest BCUT2D eigenvalue weighted by atomic mass is 32.1. The summed E-state index contributed by atoms with van der Waals surface area (Å²) < 4.78 is 0. The number of rotatable bonds is 3. The van der Waals surface area contributed by atoms with Crippen molar-refractivity contribution in [3.63, 3.8) is 0 Å². The Hall–Kier alpha value is -1.43. The summed E-state index contributed by atoms with van der Waals surface area (Å²) in [6.07, 6.45) is 3.43. The van der Waals surface area contributed by atoms with Crippen molar-refractivity contribution >= 4 is 28.9 Å². The predicted octanol–water partition coefficient (Wildman–Crippen LogP) is 0.392. The summed E-state index contributed by atoms with van der Waals surface area (Å²) in [5.74, 6) is 0.652. The Morgan fingerprint density at radius 1 is 1.71 bits per heavy atom. The third-order valence-corrected chi connectivity index (χ3v) is 2.32. The number of carbonyl (C=O) groups excluding carboxylic acids is 1. The van der Waals surface area contributed by atoms with Crippen LogP contribution in [0.1, 0.15) is 18.4 Å². The van der Waals surface area contributed by atoms with Gasteiger partial charge in [0.25, 0.3) is 0 Å². The molecule has 1 aromatic rings. The normalized spacial score (nSPS) is 15.1. The highest BCUT2D eigenvalue weighted by Gasteiger charge is 2.30. The van der Waals surface area contributed by atoms with Crippen LogP contribution in [0, 0.1) is 5.92 Å². The molecule has 5 nitrogen and oxygen atoms in total. The van der Waals surface area contributed by atoms with Crippen molar-refractivity contribution < 1.29 is 4.79 Å². The van der Waals surface area contributed by atoms with E-state index >= 15 is 0 Å². The van der Waals surface area contributed by atoms with Crippen molar-refractivity contribution in [3.05, 3.63) is 11.8 Å². The number of nitrogens with one attached hydrogen (secondary N) is 2. The van der Waals surface area contributed by atoms with E-state index in [1.807, 2.05) is 0 Å². The van der Waals surface area contributed by atoms with Crippen molar-refractivity contribution in [2.75, 3.05) is 5.32 Å². The summed E-state index contributed by atoms with van der Waals surface area (Å²) in [4.78, 5) is 11.6. The van der Waals surface area contributed by atoms with Crippen LogP contribution in [-0.4, -0.2) is 21.1 Å². The van der Waals surface area contributed by atoms with Gasteiger partial charge in [0.05, 0.1) is 11.8 Å². The second-order valence-corrected chi connectivity index (χ2v) is 3.73. The van der Waals surface area contributed by atoms with Gasteiger partial charge in [-0.3, -0.25) is 9.89 Å². The zero-order valence-corrected chi connectivity index (χ0v) is 8.23. The fourth-order valence-corrected chi connectivity index (χ4v) is 1.29. The first-order valence-electron chi connectivity index (χ1n) is 4.32. The maximum absolute atomic E-state index is 11.4. The van der Waals surface area contributed by atoms with Crippen molar-refractivity contribution in [1.29, 1.82) is 0 Å². The molecule has 0 unspecified atom stereocenters. The average molecular weight is 210 g/mol. The van der Waals surface area contributed by atoms with Gasteiger partial charge in [0.15, 0.2) is 0 Å². The molecule has 6 heteroatoms. The number of nitrogens with zero attached hydrogens (tertiary/aromatic N) is 1. The fourth-order valence-electron chi connectivity index (χ4n) is 1.14. The minimum atomic E-state index is 0.00625. The van der Waals surface area contributed by atoms with Gasteiger partial charge >= 0.3 is 0 Å². The van der Waals surface area contributed by atoms with E-state index in [4.69, 9.17) is 18.0 Å². The topological polar surface area (TPSA) is 83.8 Å². The van der Waals surface area contributed by atoms with Gasteiger partial charge in [-0.15, -0.1) is 0 Å². The van der Waals surface area contributed by atoms with E-state index in [0.29, 0.717) is 11.4 Å². The zero-order chi connectivity index (χ0) is 10.1. The first-order chi connectivity index (χ1) is 6.68. The number of amides is 1. The molecule has 1 saturated carbocycles. The van der Waals surface area contributed by atoms with E-state index in [0.717, 1.165) is 12.8 Å². The zero-order valence-electron chi connectivity index (χ0n) is 7.41. The van der Waals surface area contributed by atoms with Crippen LogP contribution in [0.25, 0.3) is 0 Å². The van der Waals surface area contributed by atoms with Crippen molar-refractivity contribution in [3.8, 4) is 0 Å². The largest absolute Gasteiger partial charge is 0.389 e. The summed E-state index contributed by atoms with van der Waals surface area (Å²) in [7, 11) is 0. The Kier molecular flexibility index (Phi) is 2.20. The van der Waals surface area contributed by atoms with Gasteiger partial charge < -0.3 is 11.1 Å². The molecule has 1 heterocycles. The van der Waals surface area contributed by atoms with Crippen molar-refractivity contribution in [1.82, 2.24) is 10.2 Å². The summed E-state index contributed by atoms with van der Waals surface area (Å²) in [6.45, 7) is 0. The number of H-pyrrole nitrogens is 1. The molecule has 0 saturated heterocycles. The van der Waals surface area contributed by atoms with Crippen molar-refractivity contribution in [2.45, 2.75) is 12.8 Å². The molecular weight excluding hydrogens is 200 g/mol. The predicted molar refractivity (Wildman–Crippen MR) is 55.8 cm³/mol. The Balaban J connectivity index is 2.11. The van der Waals surface area contributed by atoms with Crippen LogP contribution in [0.3, 0.4) is 0 Å². The minimum absolute atomic E-state index is 0.00625. The van der Waals surface area contributed by atoms with Crippen LogP contribution < -0.4 is 11.1 Å². The Morgan fingerprint density at radius 2 is 2.43 bits per heavy atom. The number of nitrogens with two attached hydrogens (primary N) is 1. The smallest absolute Gasteiger partial charge is 0.228 e. The number of thiocarbonyl (C=S) groups is 1. The van der Waals surface area contributed by atoms with E-state index in [1.54, 1.807) is 0 Å². The average Bonchev–Trinajstić information content (AvgIpc) is 2.87. The summed E-state index contributed by atoms with van der Waals surface area (Å²) in [6, 6.07) is 0. The lowest BCUT2D eigenvalue weighted by atomic mass is 10.3. The molecule has 1 fully saturated rings. The van der Waals surface area contributed by atoms with Crippen LogP contribution in [0.15, 0.2) is 6.20 Å². The van der Waals surface area contributed by atoms with E-state index in [-0.39, 0.29) is 16.8 Å². The monoisotopic (exact) mass is 210 g/mol. The number of aromatic amines is 1. The SMILES string of the molecule is NC(=S)c1cn[nH]c1NC(=O)C1CC1. The molecule has 0 spiro atoms. The summed E-state index contributed by atoms with van der Waals surface area (Å²) in [5, 5.41) is 9.13. The van der Waals surface area contributed by atoms with Gasteiger partial charge in [0.1, 0.15) is 10.8 Å². The fraction of sp³-hybridized carbons (Fsp3) is 0.375. The molecule has 1 aliphatic rings. The number of aromatic nitrogens is 2. The Bertz CT molecular complexity index is 382. The number of carbonyl (C=O) groups is 1.